The summed E-state index contributed by atoms with van der Waals surface area (Å²) in [7, 11) is 0. The predicted molar refractivity (Wildman–Crippen MR) is 96.7 cm³/mol. The van der Waals surface area contributed by atoms with Gasteiger partial charge < -0.3 is 15.5 Å². The Balaban J connectivity index is 1.67. The summed E-state index contributed by atoms with van der Waals surface area (Å²) < 4.78 is 0. The number of nitrogens with zero attached hydrogens (tertiary/aromatic N) is 3. The van der Waals surface area contributed by atoms with Crippen LogP contribution in [0.25, 0.3) is 0 Å². The molecule has 2 heterocycles. The van der Waals surface area contributed by atoms with Gasteiger partial charge in [-0.15, -0.1) is 0 Å². The number of hydrogen-bond acceptors (Lipinski definition) is 5. The van der Waals surface area contributed by atoms with Crippen molar-refractivity contribution in [2.24, 2.45) is 5.92 Å². The van der Waals surface area contributed by atoms with Gasteiger partial charge in [-0.1, -0.05) is 6.92 Å². The average molecular weight is 325 g/mol. The van der Waals surface area contributed by atoms with Gasteiger partial charge in [0.1, 0.15) is 18.0 Å². The molecule has 1 aliphatic rings. The molecule has 1 aliphatic heterocycles. The lowest BCUT2D eigenvalue weighted by atomic mass is 9.99. The number of nitrogens with one attached hydrogen (secondary N) is 2. The fraction of sp³-hybridized carbons (Fsp3) is 0.389. The van der Waals surface area contributed by atoms with E-state index in [2.05, 4.69) is 32.4 Å². The molecule has 6 heteroatoms. The molecule has 1 amide bonds. The van der Waals surface area contributed by atoms with Crippen LogP contribution in [0.15, 0.2) is 36.7 Å². The second-order valence-electron chi connectivity index (χ2n) is 6.31. The maximum absolute atomic E-state index is 11.0. The van der Waals surface area contributed by atoms with Crippen LogP contribution in [0, 0.1) is 5.92 Å². The van der Waals surface area contributed by atoms with E-state index in [1.807, 2.05) is 30.3 Å². The van der Waals surface area contributed by atoms with Gasteiger partial charge in [0.05, 0.1) is 0 Å². The van der Waals surface area contributed by atoms with Crippen LogP contribution in [0.5, 0.6) is 0 Å². The first-order valence-electron chi connectivity index (χ1n) is 8.32. The van der Waals surface area contributed by atoms with Crippen molar-refractivity contribution < 1.29 is 4.79 Å². The highest BCUT2D eigenvalue weighted by molar-refractivity contribution is 5.88. The van der Waals surface area contributed by atoms with Crippen molar-refractivity contribution in [2.75, 3.05) is 28.6 Å². The summed E-state index contributed by atoms with van der Waals surface area (Å²) >= 11 is 0. The van der Waals surface area contributed by atoms with E-state index >= 15 is 0 Å². The van der Waals surface area contributed by atoms with E-state index in [0.717, 1.165) is 42.0 Å². The number of hydrogen-bond donors (Lipinski definition) is 2. The topological polar surface area (TPSA) is 70.2 Å². The molecular formula is C18H23N5O. The molecule has 0 unspecified atom stereocenters. The zero-order chi connectivity index (χ0) is 16.9. The molecule has 1 aromatic heterocycles. The first kappa shape index (κ1) is 16.2. The molecule has 1 aromatic carbocycles. The third-order valence-electron chi connectivity index (χ3n) is 4.24. The maximum Gasteiger partial charge on any atom is 0.221 e. The molecule has 6 nitrogen and oxygen atoms in total. The van der Waals surface area contributed by atoms with Crippen molar-refractivity contribution in [1.29, 1.82) is 0 Å². The molecule has 0 spiro atoms. The molecule has 2 aromatic rings. The van der Waals surface area contributed by atoms with Crippen LogP contribution in [0.4, 0.5) is 23.0 Å². The van der Waals surface area contributed by atoms with Crippen molar-refractivity contribution in [3.05, 3.63) is 36.7 Å². The monoisotopic (exact) mass is 325 g/mol. The zero-order valence-electron chi connectivity index (χ0n) is 14.1. The largest absolute Gasteiger partial charge is 0.356 e. The van der Waals surface area contributed by atoms with Crippen molar-refractivity contribution in [2.45, 2.75) is 26.7 Å². The fourth-order valence-electron chi connectivity index (χ4n) is 2.81. The smallest absolute Gasteiger partial charge is 0.221 e. The molecule has 0 radical (unpaired) electrons. The molecule has 1 fully saturated rings. The van der Waals surface area contributed by atoms with Crippen LogP contribution in [0.3, 0.4) is 0 Å². The van der Waals surface area contributed by atoms with E-state index in [0.29, 0.717) is 0 Å². The fourth-order valence-corrected chi connectivity index (χ4v) is 2.81. The number of aromatic nitrogens is 2. The van der Waals surface area contributed by atoms with E-state index in [4.69, 9.17) is 0 Å². The van der Waals surface area contributed by atoms with Crippen LogP contribution in [0.2, 0.25) is 0 Å². The van der Waals surface area contributed by atoms with Gasteiger partial charge in [-0.25, -0.2) is 9.97 Å². The van der Waals surface area contributed by atoms with Gasteiger partial charge >= 0.3 is 0 Å². The van der Waals surface area contributed by atoms with E-state index in [9.17, 15) is 4.79 Å². The van der Waals surface area contributed by atoms with Crippen LogP contribution < -0.4 is 15.5 Å². The normalized spacial score (nSPS) is 15.2. The quantitative estimate of drug-likeness (QED) is 0.901. The molecule has 1 saturated heterocycles. The Hall–Kier alpha value is -2.63. The lowest BCUT2D eigenvalue weighted by Crippen LogP contribution is -2.33. The number of anilines is 4. The Bertz CT molecular complexity index is 693. The van der Waals surface area contributed by atoms with Gasteiger partial charge in [0, 0.05) is 37.5 Å². The summed E-state index contributed by atoms with van der Waals surface area (Å²) in [4.78, 5) is 22.1. The summed E-state index contributed by atoms with van der Waals surface area (Å²) in [5.41, 5.74) is 1.69. The summed E-state index contributed by atoms with van der Waals surface area (Å²) in [5, 5.41) is 6.03. The molecule has 24 heavy (non-hydrogen) atoms. The SMILES string of the molecule is CC(=O)Nc1ccc(Nc2cc(N3CCC(C)CC3)ncn2)cc1. The number of amides is 1. The van der Waals surface area contributed by atoms with E-state index < -0.39 is 0 Å². The van der Waals surface area contributed by atoms with Crippen molar-refractivity contribution in [1.82, 2.24) is 9.97 Å². The first-order chi connectivity index (χ1) is 11.6. The second-order valence-corrected chi connectivity index (χ2v) is 6.31. The number of piperidine rings is 1. The van der Waals surface area contributed by atoms with Gasteiger partial charge in [-0.2, -0.15) is 0 Å². The first-order valence-corrected chi connectivity index (χ1v) is 8.32. The molecule has 0 saturated carbocycles. The maximum atomic E-state index is 11.0. The summed E-state index contributed by atoms with van der Waals surface area (Å²) in [5.74, 6) is 2.45. The Kier molecular flexibility index (Phi) is 4.93. The van der Waals surface area contributed by atoms with Crippen molar-refractivity contribution in [3.8, 4) is 0 Å². The third kappa shape index (κ3) is 4.22. The lowest BCUT2D eigenvalue weighted by Gasteiger charge is -2.31. The Labute approximate surface area is 142 Å². The zero-order valence-corrected chi connectivity index (χ0v) is 14.1. The van der Waals surface area contributed by atoms with E-state index in [1.54, 1.807) is 6.33 Å². The second kappa shape index (κ2) is 7.29. The minimum Gasteiger partial charge on any atom is -0.356 e. The van der Waals surface area contributed by atoms with Gasteiger partial charge in [0.25, 0.3) is 0 Å². The molecule has 126 valence electrons. The minimum atomic E-state index is -0.0769. The van der Waals surface area contributed by atoms with Crippen molar-refractivity contribution >= 4 is 28.9 Å². The average Bonchev–Trinajstić information content (AvgIpc) is 2.57. The standard InChI is InChI=1S/C18H23N5O/c1-13-7-9-23(10-8-13)18-11-17(19-12-20-18)22-16-5-3-15(4-6-16)21-14(2)24/h3-6,11-13H,7-10H2,1-2H3,(H,21,24)(H,19,20,22). The van der Waals surface area contributed by atoms with Crippen molar-refractivity contribution in [3.63, 3.8) is 0 Å². The molecule has 3 rings (SSSR count). The third-order valence-corrected chi connectivity index (χ3v) is 4.24. The van der Waals surface area contributed by atoms with Crippen LogP contribution in [-0.4, -0.2) is 29.0 Å². The Morgan fingerprint density at radius 3 is 2.46 bits per heavy atom. The summed E-state index contributed by atoms with van der Waals surface area (Å²) in [6.07, 6.45) is 4.01. The summed E-state index contributed by atoms with van der Waals surface area (Å²) in [6, 6.07) is 9.53. The molecule has 0 bridgehead atoms. The predicted octanol–water partition coefficient (Wildman–Crippen LogP) is 3.41. The van der Waals surface area contributed by atoms with Crippen LogP contribution in [-0.2, 0) is 4.79 Å². The number of benzene rings is 1. The van der Waals surface area contributed by atoms with Gasteiger partial charge in [-0.05, 0) is 43.0 Å². The molecule has 2 N–H and O–H groups in total. The highest BCUT2D eigenvalue weighted by Crippen LogP contribution is 2.24. The molecule has 0 atom stereocenters. The highest BCUT2D eigenvalue weighted by atomic mass is 16.1. The number of carbonyl (C=O) groups is 1. The molecule has 0 aliphatic carbocycles. The van der Waals surface area contributed by atoms with Gasteiger partial charge in [-0.3, -0.25) is 4.79 Å². The highest BCUT2D eigenvalue weighted by Gasteiger charge is 2.17. The Morgan fingerprint density at radius 1 is 1.12 bits per heavy atom. The molecular weight excluding hydrogens is 302 g/mol. The van der Waals surface area contributed by atoms with E-state index in [-0.39, 0.29) is 5.91 Å². The van der Waals surface area contributed by atoms with Crippen LogP contribution >= 0.6 is 0 Å². The number of rotatable bonds is 4. The van der Waals surface area contributed by atoms with E-state index in [1.165, 1.54) is 19.8 Å². The van der Waals surface area contributed by atoms with Gasteiger partial charge in [0.15, 0.2) is 0 Å². The van der Waals surface area contributed by atoms with Gasteiger partial charge in [0.2, 0.25) is 5.91 Å². The summed E-state index contributed by atoms with van der Waals surface area (Å²) in [6.45, 7) is 5.89. The minimum absolute atomic E-state index is 0.0769. The lowest BCUT2D eigenvalue weighted by molar-refractivity contribution is -0.114. The Morgan fingerprint density at radius 2 is 1.79 bits per heavy atom. The number of carbonyl (C=O) groups excluding carboxylic acids is 1. The van der Waals surface area contributed by atoms with Crippen LogP contribution in [0.1, 0.15) is 26.7 Å².